The smallest absolute Gasteiger partial charge is 0.0971 e. The van der Waals surface area contributed by atoms with E-state index >= 15 is 0 Å². The number of benzene rings is 1. The Hall–Kier alpha value is -0.850. The average molecular weight is 377 g/mol. The van der Waals surface area contributed by atoms with Crippen molar-refractivity contribution in [2.24, 2.45) is 11.1 Å². The second kappa shape index (κ2) is 7.36. The van der Waals surface area contributed by atoms with Gasteiger partial charge in [-0.1, -0.05) is 35.3 Å². The minimum absolute atomic E-state index is 0. The first-order valence-electron chi connectivity index (χ1n) is 7.28. The van der Waals surface area contributed by atoms with Gasteiger partial charge in [0.05, 0.1) is 27.6 Å². The zero-order valence-corrected chi connectivity index (χ0v) is 15.2. The molecule has 1 aromatic heterocycles. The van der Waals surface area contributed by atoms with E-state index in [9.17, 15) is 0 Å². The van der Waals surface area contributed by atoms with E-state index in [4.69, 9.17) is 28.9 Å². The second-order valence-electron chi connectivity index (χ2n) is 6.23. The van der Waals surface area contributed by atoms with Crippen molar-refractivity contribution in [2.75, 3.05) is 19.6 Å². The lowest BCUT2D eigenvalue weighted by Gasteiger charge is -2.21. The number of hydrogen-bond acceptors (Lipinski definition) is 4. The summed E-state index contributed by atoms with van der Waals surface area (Å²) in [6, 6.07) is 5.41. The number of hydrogen-bond donors (Lipinski definition) is 1. The highest BCUT2D eigenvalue weighted by atomic mass is 35.5. The van der Waals surface area contributed by atoms with Crippen molar-refractivity contribution >= 4 is 35.6 Å². The Morgan fingerprint density at radius 2 is 2.09 bits per heavy atom. The number of halogens is 3. The van der Waals surface area contributed by atoms with E-state index in [-0.39, 0.29) is 17.8 Å². The lowest BCUT2D eigenvalue weighted by Crippen LogP contribution is -2.31. The highest BCUT2D eigenvalue weighted by Crippen LogP contribution is 2.29. The third-order valence-electron chi connectivity index (χ3n) is 4.22. The molecule has 2 aromatic rings. The Morgan fingerprint density at radius 3 is 2.74 bits per heavy atom. The quantitative estimate of drug-likeness (QED) is 0.890. The summed E-state index contributed by atoms with van der Waals surface area (Å²) in [6.45, 7) is 5.80. The van der Waals surface area contributed by atoms with Crippen molar-refractivity contribution in [2.45, 2.75) is 19.9 Å². The third kappa shape index (κ3) is 4.17. The number of aromatic nitrogens is 3. The molecule has 3 rings (SSSR count). The summed E-state index contributed by atoms with van der Waals surface area (Å²) in [5, 5.41) is 9.46. The number of nitrogens with zero attached hydrogens (tertiary/aromatic N) is 4. The van der Waals surface area contributed by atoms with E-state index in [1.54, 1.807) is 16.8 Å². The molecule has 1 aromatic carbocycles. The van der Waals surface area contributed by atoms with Crippen LogP contribution >= 0.6 is 35.6 Å². The Bertz CT molecular complexity index is 675. The van der Waals surface area contributed by atoms with Crippen LogP contribution in [0.1, 0.15) is 19.0 Å². The molecule has 1 aliphatic rings. The van der Waals surface area contributed by atoms with Crippen molar-refractivity contribution in [1.82, 2.24) is 19.9 Å². The van der Waals surface area contributed by atoms with Gasteiger partial charge >= 0.3 is 0 Å². The average Bonchev–Trinajstić information content (AvgIpc) is 3.10. The molecule has 126 valence electrons. The monoisotopic (exact) mass is 375 g/mol. The normalized spacial score (nSPS) is 21.4. The maximum Gasteiger partial charge on any atom is 0.0971 e. The molecule has 2 N–H and O–H groups in total. The molecule has 1 unspecified atom stereocenters. The van der Waals surface area contributed by atoms with Crippen molar-refractivity contribution < 1.29 is 0 Å². The lowest BCUT2D eigenvalue weighted by molar-refractivity contribution is 0.272. The van der Waals surface area contributed by atoms with Gasteiger partial charge in [0.2, 0.25) is 0 Å². The zero-order chi connectivity index (χ0) is 15.7. The number of likely N-dealkylation sites (tertiary alicyclic amines) is 1. The predicted molar refractivity (Wildman–Crippen MR) is 95.7 cm³/mol. The Balaban J connectivity index is 0.00000192. The van der Waals surface area contributed by atoms with Gasteiger partial charge < -0.3 is 5.73 Å². The molecule has 23 heavy (non-hydrogen) atoms. The summed E-state index contributed by atoms with van der Waals surface area (Å²) in [4.78, 5) is 2.37. The van der Waals surface area contributed by atoms with Gasteiger partial charge in [-0.15, -0.1) is 17.5 Å². The van der Waals surface area contributed by atoms with Crippen LogP contribution < -0.4 is 5.73 Å². The van der Waals surface area contributed by atoms with Crippen LogP contribution in [0.3, 0.4) is 0 Å². The molecule has 0 radical (unpaired) electrons. The SMILES string of the molecule is CC1(CN)CCN(Cc2cn(-c3ccc(Cl)c(Cl)c3)nn2)C1.Cl. The Labute approximate surface area is 152 Å². The summed E-state index contributed by atoms with van der Waals surface area (Å²) in [5.74, 6) is 0. The molecule has 1 atom stereocenters. The summed E-state index contributed by atoms with van der Waals surface area (Å²) in [7, 11) is 0. The van der Waals surface area contributed by atoms with Gasteiger partial charge in [-0.2, -0.15) is 0 Å². The zero-order valence-electron chi connectivity index (χ0n) is 12.9. The van der Waals surface area contributed by atoms with Gasteiger partial charge in [-0.05, 0) is 43.1 Å². The second-order valence-corrected chi connectivity index (χ2v) is 7.04. The lowest BCUT2D eigenvalue weighted by atomic mass is 9.90. The van der Waals surface area contributed by atoms with Crippen LogP contribution in [0, 0.1) is 5.41 Å². The number of nitrogens with two attached hydrogens (primary N) is 1. The van der Waals surface area contributed by atoms with E-state index in [1.165, 1.54) is 0 Å². The molecular formula is C15H20Cl3N5. The highest BCUT2D eigenvalue weighted by molar-refractivity contribution is 6.42. The van der Waals surface area contributed by atoms with Gasteiger partial charge in [0.15, 0.2) is 0 Å². The fourth-order valence-corrected chi connectivity index (χ4v) is 3.07. The first-order chi connectivity index (χ1) is 10.5. The molecular weight excluding hydrogens is 357 g/mol. The van der Waals surface area contributed by atoms with Crippen molar-refractivity contribution in [3.05, 3.63) is 40.1 Å². The molecule has 0 aliphatic carbocycles. The summed E-state index contributed by atoms with van der Waals surface area (Å²) < 4.78 is 1.72. The molecule has 0 spiro atoms. The summed E-state index contributed by atoms with van der Waals surface area (Å²) in [5.41, 5.74) is 7.86. The van der Waals surface area contributed by atoms with Crippen molar-refractivity contribution in [3.8, 4) is 5.69 Å². The van der Waals surface area contributed by atoms with Gasteiger partial charge in [0, 0.05) is 13.1 Å². The molecule has 1 saturated heterocycles. The van der Waals surface area contributed by atoms with E-state index in [0.29, 0.717) is 10.0 Å². The highest BCUT2D eigenvalue weighted by Gasteiger charge is 2.32. The maximum atomic E-state index is 6.04. The molecule has 1 aliphatic heterocycles. The van der Waals surface area contributed by atoms with E-state index in [2.05, 4.69) is 22.1 Å². The minimum Gasteiger partial charge on any atom is -0.330 e. The predicted octanol–water partition coefficient (Wildman–Crippen LogP) is 3.17. The van der Waals surface area contributed by atoms with Crippen LogP contribution in [0.4, 0.5) is 0 Å². The maximum absolute atomic E-state index is 6.04. The first-order valence-corrected chi connectivity index (χ1v) is 8.04. The Kier molecular flexibility index (Phi) is 5.92. The molecule has 0 bridgehead atoms. The van der Waals surface area contributed by atoms with Crippen LogP contribution in [0.5, 0.6) is 0 Å². The largest absolute Gasteiger partial charge is 0.330 e. The van der Waals surface area contributed by atoms with Gasteiger partial charge in [0.1, 0.15) is 0 Å². The standard InChI is InChI=1S/C15H19Cl2N5.ClH/c1-15(9-18)4-5-21(10-15)7-11-8-22(20-19-11)12-2-3-13(16)14(17)6-12;/h2-3,6,8H,4-5,7,9-10,18H2,1H3;1H. The first kappa shape index (κ1) is 18.5. The van der Waals surface area contributed by atoms with E-state index in [1.807, 2.05) is 12.3 Å². The molecule has 8 heteroatoms. The number of rotatable bonds is 4. The van der Waals surface area contributed by atoms with Crippen LogP contribution in [0.15, 0.2) is 24.4 Å². The summed E-state index contributed by atoms with van der Waals surface area (Å²) >= 11 is 12.0. The molecule has 2 heterocycles. The molecule has 1 fully saturated rings. The van der Waals surface area contributed by atoms with E-state index < -0.39 is 0 Å². The van der Waals surface area contributed by atoms with Crippen LogP contribution in [0.25, 0.3) is 5.69 Å². The van der Waals surface area contributed by atoms with Crippen LogP contribution in [-0.2, 0) is 6.54 Å². The van der Waals surface area contributed by atoms with Gasteiger partial charge in [0.25, 0.3) is 0 Å². The van der Waals surface area contributed by atoms with Crippen molar-refractivity contribution in [1.29, 1.82) is 0 Å². The minimum atomic E-state index is 0. The van der Waals surface area contributed by atoms with Crippen LogP contribution in [-0.4, -0.2) is 39.5 Å². The molecule has 0 saturated carbocycles. The fraction of sp³-hybridized carbons (Fsp3) is 0.467. The molecule has 5 nitrogen and oxygen atoms in total. The summed E-state index contributed by atoms with van der Waals surface area (Å²) in [6.07, 6.45) is 3.06. The van der Waals surface area contributed by atoms with E-state index in [0.717, 1.165) is 44.0 Å². The molecule has 0 amide bonds. The van der Waals surface area contributed by atoms with Gasteiger partial charge in [-0.25, -0.2) is 4.68 Å². The topological polar surface area (TPSA) is 60.0 Å². The van der Waals surface area contributed by atoms with Crippen LogP contribution in [0.2, 0.25) is 10.0 Å². The van der Waals surface area contributed by atoms with Crippen molar-refractivity contribution in [3.63, 3.8) is 0 Å². The fourth-order valence-electron chi connectivity index (χ4n) is 2.78. The Morgan fingerprint density at radius 1 is 1.30 bits per heavy atom. The van der Waals surface area contributed by atoms with Gasteiger partial charge in [-0.3, -0.25) is 4.90 Å². The third-order valence-corrected chi connectivity index (χ3v) is 4.96.